The molecule has 2 atom stereocenters. The molecule has 0 aromatic carbocycles. The van der Waals surface area contributed by atoms with Crippen molar-refractivity contribution in [2.45, 2.75) is 45.3 Å². The van der Waals surface area contributed by atoms with Crippen LogP contribution in [0.4, 0.5) is 0 Å². The molecule has 0 saturated heterocycles. The highest BCUT2D eigenvalue weighted by Gasteiger charge is 2.17. The van der Waals surface area contributed by atoms with Gasteiger partial charge in [0.1, 0.15) is 0 Å². The van der Waals surface area contributed by atoms with Crippen LogP contribution in [0.15, 0.2) is 6.07 Å². The van der Waals surface area contributed by atoms with Gasteiger partial charge in [0, 0.05) is 19.2 Å². The maximum Gasteiger partial charge on any atom is 0.0854 e. The third-order valence-electron chi connectivity index (χ3n) is 2.55. The van der Waals surface area contributed by atoms with Crippen LogP contribution in [0.2, 0.25) is 0 Å². The zero-order chi connectivity index (χ0) is 11.4. The van der Waals surface area contributed by atoms with Crippen molar-refractivity contribution >= 4 is 0 Å². The lowest BCUT2D eigenvalue weighted by atomic mass is 10.0. The van der Waals surface area contributed by atoms with E-state index in [1.807, 2.05) is 27.0 Å². The topological polar surface area (TPSA) is 58.3 Å². The van der Waals surface area contributed by atoms with Crippen LogP contribution in [0, 0.1) is 6.92 Å². The smallest absolute Gasteiger partial charge is 0.0854 e. The average Bonchev–Trinajstić information content (AvgIpc) is 2.45. The number of aromatic nitrogens is 2. The van der Waals surface area contributed by atoms with Crippen molar-refractivity contribution in [1.82, 2.24) is 9.78 Å². The van der Waals surface area contributed by atoms with Gasteiger partial charge in [-0.2, -0.15) is 5.10 Å². The Morgan fingerprint density at radius 2 is 2.07 bits per heavy atom. The quantitative estimate of drug-likeness (QED) is 0.758. The first-order valence-electron chi connectivity index (χ1n) is 5.40. The maximum absolute atomic E-state index is 9.74. The molecule has 1 heterocycles. The molecule has 1 rings (SSSR count). The minimum Gasteiger partial charge on any atom is -0.390 e. The van der Waals surface area contributed by atoms with E-state index in [2.05, 4.69) is 5.10 Å². The average molecular weight is 212 g/mol. The van der Waals surface area contributed by atoms with E-state index in [0.29, 0.717) is 12.8 Å². The van der Waals surface area contributed by atoms with Crippen molar-refractivity contribution in [3.8, 4) is 0 Å². The zero-order valence-electron chi connectivity index (χ0n) is 9.64. The summed E-state index contributed by atoms with van der Waals surface area (Å²) in [6.07, 6.45) is 0.643. The molecule has 0 fully saturated rings. The summed E-state index contributed by atoms with van der Waals surface area (Å²) in [5, 5.41) is 23.5. The van der Waals surface area contributed by atoms with E-state index in [4.69, 9.17) is 0 Å². The first kappa shape index (κ1) is 12.2. The summed E-state index contributed by atoms with van der Waals surface area (Å²) in [6.45, 7) is 3.91. The van der Waals surface area contributed by atoms with Crippen molar-refractivity contribution in [2.24, 2.45) is 7.05 Å². The lowest BCUT2D eigenvalue weighted by Crippen LogP contribution is -2.28. The number of nitrogens with zero attached hydrogens (tertiary/aromatic N) is 2. The number of aliphatic hydroxyl groups is 2. The third-order valence-corrected chi connectivity index (χ3v) is 2.55. The Bertz CT molecular complexity index is 310. The molecule has 0 aliphatic rings. The van der Waals surface area contributed by atoms with Crippen molar-refractivity contribution in [3.63, 3.8) is 0 Å². The van der Waals surface area contributed by atoms with E-state index in [-0.39, 0.29) is 0 Å². The van der Waals surface area contributed by atoms with Crippen LogP contribution >= 0.6 is 0 Å². The Labute approximate surface area is 90.5 Å². The highest BCUT2D eigenvalue weighted by molar-refractivity contribution is 5.09. The van der Waals surface area contributed by atoms with Gasteiger partial charge in [0.25, 0.3) is 0 Å². The second-order valence-corrected chi connectivity index (χ2v) is 4.03. The molecular formula is C11H20N2O2. The van der Waals surface area contributed by atoms with Gasteiger partial charge in [0.15, 0.2) is 0 Å². The van der Waals surface area contributed by atoms with Crippen LogP contribution in [0.25, 0.3) is 0 Å². The van der Waals surface area contributed by atoms with Crippen molar-refractivity contribution in [1.29, 1.82) is 0 Å². The number of aryl methyl sites for hydroxylation is 2. The molecule has 15 heavy (non-hydrogen) atoms. The molecule has 2 unspecified atom stereocenters. The summed E-state index contributed by atoms with van der Waals surface area (Å²) in [6, 6.07) is 1.93. The van der Waals surface area contributed by atoms with Gasteiger partial charge in [-0.15, -0.1) is 0 Å². The summed E-state index contributed by atoms with van der Waals surface area (Å²) in [5.41, 5.74) is 1.89. The Balaban J connectivity index is 2.57. The molecule has 0 saturated carbocycles. The van der Waals surface area contributed by atoms with Gasteiger partial charge in [0.05, 0.1) is 17.9 Å². The second-order valence-electron chi connectivity index (χ2n) is 4.03. The standard InChI is InChI=1S/C11H20N2O2/c1-4-5-10(14)11(15)7-9-6-8(2)12-13(9)3/h6,10-11,14-15H,4-5,7H2,1-3H3. The van der Waals surface area contributed by atoms with Gasteiger partial charge in [-0.05, 0) is 19.4 Å². The minimum absolute atomic E-state index is 0.457. The van der Waals surface area contributed by atoms with Gasteiger partial charge in [-0.1, -0.05) is 13.3 Å². The predicted octanol–water partition coefficient (Wildman–Crippen LogP) is 0.793. The zero-order valence-corrected chi connectivity index (χ0v) is 9.64. The van der Waals surface area contributed by atoms with Crippen LogP contribution in [0.1, 0.15) is 31.2 Å². The van der Waals surface area contributed by atoms with Crippen LogP contribution in [-0.4, -0.2) is 32.2 Å². The van der Waals surface area contributed by atoms with E-state index < -0.39 is 12.2 Å². The first-order chi connectivity index (χ1) is 7.04. The lowest BCUT2D eigenvalue weighted by molar-refractivity contribution is 0.0138. The fraction of sp³-hybridized carbons (Fsp3) is 0.727. The Kier molecular flexibility index (Phi) is 4.29. The third kappa shape index (κ3) is 3.32. The van der Waals surface area contributed by atoms with Crippen LogP contribution in [0.5, 0.6) is 0 Å². The summed E-state index contributed by atoms with van der Waals surface area (Å²) in [4.78, 5) is 0. The largest absolute Gasteiger partial charge is 0.390 e. The molecule has 0 radical (unpaired) electrons. The molecule has 86 valence electrons. The van der Waals surface area contributed by atoms with Gasteiger partial charge in [0.2, 0.25) is 0 Å². The number of hydrogen-bond acceptors (Lipinski definition) is 3. The van der Waals surface area contributed by atoms with E-state index in [1.165, 1.54) is 0 Å². The van der Waals surface area contributed by atoms with E-state index in [0.717, 1.165) is 17.8 Å². The highest BCUT2D eigenvalue weighted by Crippen LogP contribution is 2.10. The van der Waals surface area contributed by atoms with Crippen molar-refractivity contribution < 1.29 is 10.2 Å². The predicted molar refractivity (Wildman–Crippen MR) is 58.6 cm³/mol. The monoisotopic (exact) mass is 212 g/mol. The fourth-order valence-electron chi connectivity index (χ4n) is 1.69. The Morgan fingerprint density at radius 1 is 1.40 bits per heavy atom. The second kappa shape index (κ2) is 5.28. The van der Waals surface area contributed by atoms with E-state index in [1.54, 1.807) is 4.68 Å². The number of hydrogen-bond donors (Lipinski definition) is 2. The van der Waals surface area contributed by atoms with Crippen molar-refractivity contribution in [2.75, 3.05) is 0 Å². The Hall–Kier alpha value is -0.870. The molecule has 0 amide bonds. The summed E-state index contributed by atoms with van der Waals surface area (Å²) in [5.74, 6) is 0. The van der Waals surface area contributed by atoms with E-state index >= 15 is 0 Å². The molecule has 0 aliphatic heterocycles. The summed E-state index contributed by atoms with van der Waals surface area (Å²) >= 11 is 0. The highest BCUT2D eigenvalue weighted by atomic mass is 16.3. The lowest BCUT2D eigenvalue weighted by Gasteiger charge is -2.16. The van der Waals surface area contributed by atoms with Crippen LogP contribution in [-0.2, 0) is 13.5 Å². The normalized spacial score (nSPS) is 15.3. The molecular weight excluding hydrogens is 192 g/mol. The van der Waals surface area contributed by atoms with Crippen LogP contribution < -0.4 is 0 Å². The molecule has 4 heteroatoms. The fourth-order valence-corrected chi connectivity index (χ4v) is 1.69. The minimum atomic E-state index is -0.695. The van der Waals surface area contributed by atoms with Crippen molar-refractivity contribution in [3.05, 3.63) is 17.5 Å². The molecule has 1 aromatic heterocycles. The number of rotatable bonds is 5. The molecule has 0 spiro atoms. The van der Waals surface area contributed by atoms with Gasteiger partial charge in [-0.3, -0.25) is 4.68 Å². The van der Waals surface area contributed by atoms with Gasteiger partial charge in [-0.25, -0.2) is 0 Å². The maximum atomic E-state index is 9.74. The number of aliphatic hydroxyl groups excluding tert-OH is 2. The molecule has 2 N–H and O–H groups in total. The molecule has 0 bridgehead atoms. The van der Waals surface area contributed by atoms with Crippen LogP contribution in [0.3, 0.4) is 0 Å². The van der Waals surface area contributed by atoms with Gasteiger partial charge < -0.3 is 10.2 Å². The Morgan fingerprint density at radius 3 is 2.53 bits per heavy atom. The molecule has 0 aliphatic carbocycles. The SMILES string of the molecule is CCCC(O)C(O)Cc1cc(C)nn1C. The molecule has 4 nitrogen and oxygen atoms in total. The van der Waals surface area contributed by atoms with E-state index in [9.17, 15) is 10.2 Å². The summed E-state index contributed by atoms with van der Waals surface area (Å²) in [7, 11) is 1.85. The van der Waals surface area contributed by atoms with Gasteiger partial charge >= 0.3 is 0 Å². The first-order valence-corrected chi connectivity index (χ1v) is 5.40. The molecule has 1 aromatic rings. The summed E-state index contributed by atoms with van der Waals surface area (Å²) < 4.78 is 1.75.